The Labute approximate surface area is 101 Å². The highest BCUT2D eigenvalue weighted by molar-refractivity contribution is 7.89. The van der Waals surface area contributed by atoms with E-state index < -0.39 is 36.1 Å². The molecule has 11 heteroatoms. The third-order valence-electron chi connectivity index (χ3n) is 1.66. The van der Waals surface area contributed by atoms with Gasteiger partial charge in [-0.15, -0.1) is 12.4 Å². The summed E-state index contributed by atoms with van der Waals surface area (Å²) in [5.41, 5.74) is -1.50. The van der Waals surface area contributed by atoms with E-state index in [1.807, 2.05) is 0 Å². The van der Waals surface area contributed by atoms with Crippen molar-refractivity contribution in [3.8, 4) is 0 Å². The van der Waals surface area contributed by atoms with Gasteiger partial charge < -0.3 is 0 Å². The number of nitro groups is 2. The van der Waals surface area contributed by atoms with Crippen LogP contribution >= 0.6 is 12.4 Å². The molecule has 0 bridgehead atoms. The van der Waals surface area contributed by atoms with Crippen molar-refractivity contribution in [2.45, 2.75) is 4.90 Å². The third-order valence-corrected chi connectivity index (χ3v) is 2.61. The van der Waals surface area contributed by atoms with Crippen LogP contribution in [0.4, 0.5) is 11.4 Å². The molecule has 0 aromatic heterocycles. The molecule has 0 saturated carbocycles. The van der Waals surface area contributed by atoms with Gasteiger partial charge >= 0.3 is 0 Å². The van der Waals surface area contributed by atoms with Gasteiger partial charge in [-0.1, -0.05) is 0 Å². The van der Waals surface area contributed by atoms with E-state index in [-0.39, 0.29) is 12.4 Å². The lowest BCUT2D eigenvalue weighted by Gasteiger charge is -1.99. The average molecular weight is 284 g/mol. The van der Waals surface area contributed by atoms with Crippen molar-refractivity contribution in [3.05, 3.63) is 38.4 Å². The summed E-state index contributed by atoms with van der Waals surface area (Å²) in [6.45, 7) is 0. The van der Waals surface area contributed by atoms with E-state index in [2.05, 4.69) is 0 Å². The van der Waals surface area contributed by atoms with Crippen LogP contribution in [0.2, 0.25) is 0 Å². The smallest absolute Gasteiger partial charge is 0.258 e. The lowest BCUT2D eigenvalue weighted by atomic mass is 10.3. The topological polar surface area (TPSA) is 146 Å². The Balaban J connectivity index is 0.00000256. The molecule has 0 saturated heterocycles. The lowest BCUT2D eigenvalue weighted by molar-refractivity contribution is -0.396. The monoisotopic (exact) mass is 283 g/mol. The number of rotatable bonds is 3. The number of non-ortho nitro benzene ring substituents is 1. The summed E-state index contributed by atoms with van der Waals surface area (Å²) in [5, 5.41) is 25.6. The summed E-state index contributed by atoms with van der Waals surface area (Å²) in [6.07, 6.45) is 0. The van der Waals surface area contributed by atoms with Gasteiger partial charge in [-0.05, 0) is 6.07 Å². The zero-order chi connectivity index (χ0) is 12.5. The predicted molar refractivity (Wildman–Crippen MR) is 58.4 cm³/mol. The van der Waals surface area contributed by atoms with E-state index in [4.69, 9.17) is 5.14 Å². The minimum absolute atomic E-state index is 0. The third kappa shape index (κ3) is 3.34. The molecule has 0 radical (unpaired) electrons. The molecule has 1 aromatic rings. The molecule has 2 N–H and O–H groups in total. The standard InChI is InChI=1S/C6H5N3O6S.ClH/c7-16(14,15)6-2-1-4(8(10)11)3-5(6)9(12)13;/h1-3H,(H2,7,14,15);1H. The highest BCUT2D eigenvalue weighted by atomic mass is 35.5. The molecule has 0 amide bonds. The van der Waals surface area contributed by atoms with Gasteiger partial charge in [0.1, 0.15) is 0 Å². The molecule has 0 aliphatic carbocycles. The zero-order valence-electron chi connectivity index (χ0n) is 7.97. The maximum absolute atomic E-state index is 10.9. The summed E-state index contributed by atoms with van der Waals surface area (Å²) < 4.78 is 21.9. The number of benzene rings is 1. The van der Waals surface area contributed by atoms with Crippen molar-refractivity contribution < 1.29 is 18.3 Å². The molecule has 0 unspecified atom stereocenters. The highest BCUT2D eigenvalue weighted by Gasteiger charge is 2.25. The number of nitrogens with zero attached hydrogens (tertiary/aromatic N) is 2. The average Bonchev–Trinajstić information content (AvgIpc) is 2.15. The van der Waals surface area contributed by atoms with Crippen molar-refractivity contribution in [1.82, 2.24) is 0 Å². The molecule has 0 spiro atoms. The van der Waals surface area contributed by atoms with Crippen LogP contribution in [0.15, 0.2) is 23.1 Å². The largest absolute Gasteiger partial charge is 0.296 e. The Kier molecular flexibility index (Phi) is 4.51. The van der Waals surface area contributed by atoms with E-state index in [1.165, 1.54) is 0 Å². The van der Waals surface area contributed by atoms with Crippen LogP contribution < -0.4 is 5.14 Å². The van der Waals surface area contributed by atoms with Crippen LogP contribution in [0.25, 0.3) is 0 Å². The zero-order valence-corrected chi connectivity index (χ0v) is 9.60. The molecule has 1 rings (SSSR count). The second-order valence-corrected chi connectivity index (χ2v) is 4.24. The maximum atomic E-state index is 10.9. The first-order valence-corrected chi connectivity index (χ1v) is 5.24. The fourth-order valence-electron chi connectivity index (χ4n) is 1.00. The maximum Gasteiger partial charge on any atom is 0.296 e. The molecule has 94 valence electrons. The molecule has 0 atom stereocenters. The van der Waals surface area contributed by atoms with Gasteiger partial charge in [-0.3, -0.25) is 20.2 Å². The molecule has 9 nitrogen and oxygen atoms in total. The quantitative estimate of drug-likeness (QED) is 0.633. The van der Waals surface area contributed by atoms with Crippen molar-refractivity contribution >= 4 is 33.8 Å². The van der Waals surface area contributed by atoms with E-state index in [0.29, 0.717) is 6.07 Å². The highest BCUT2D eigenvalue weighted by Crippen LogP contribution is 2.27. The van der Waals surface area contributed by atoms with Gasteiger partial charge in [0, 0.05) is 6.07 Å². The Morgan fingerprint density at radius 2 is 1.65 bits per heavy atom. The Morgan fingerprint density at radius 3 is 2.00 bits per heavy atom. The number of sulfonamides is 1. The number of halogens is 1. The van der Waals surface area contributed by atoms with Gasteiger partial charge in [0.15, 0.2) is 4.90 Å². The first kappa shape index (κ1) is 15.2. The van der Waals surface area contributed by atoms with Crippen molar-refractivity contribution in [2.24, 2.45) is 5.14 Å². The van der Waals surface area contributed by atoms with Crippen LogP contribution in [0.1, 0.15) is 0 Å². The minimum Gasteiger partial charge on any atom is -0.258 e. The van der Waals surface area contributed by atoms with E-state index in [0.717, 1.165) is 12.1 Å². The molecule has 1 aromatic carbocycles. The normalized spacial score (nSPS) is 10.4. The van der Waals surface area contributed by atoms with Gasteiger partial charge in [0.05, 0.1) is 15.9 Å². The fraction of sp³-hybridized carbons (Fsp3) is 0. The van der Waals surface area contributed by atoms with Crippen molar-refractivity contribution in [2.75, 3.05) is 0 Å². The Bertz CT molecular complexity index is 571. The summed E-state index contributed by atoms with van der Waals surface area (Å²) in [5.74, 6) is 0. The van der Waals surface area contributed by atoms with Gasteiger partial charge in [-0.2, -0.15) is 0 Å². The van der Waals surface area contributed by atoms with E-state index in [1.54, 1.807) is 0 Å². The van der Waals surface area contributed by atoms with Crippen LogP contribution in [-0.4, -0.2) is 18.3 Å². The predicted octanol–water partition coefficient (Wildman–Crippen LogP) is 0.572. The van der Waals surface area contributed by atoms with Gasteiger partial charge in [-0.25, -0.2) is 13.6 Å². The van der Waals surface area contributed by atoms with Gasteiger partial charge in [0.2, 0.25) is 10.0 Å². The van der Waals surface area contributed by atoms with Gasteiger partial charge in [0.25, 0.3) is 11.4 Å². The number of primary sulfonamides is 1. The lowest BCUT2D eigenvalue weighted by Crippen LogP contribution is -2.14. The second kappa shape index (κ2) is 5.03. The fourth-order valence-corrected chi connectivity index (χ4v) is 1.69. The molecular weight excluding hydrogens is 278 g/mol. The number of nitrogens with two attached hydrogens (primary N) is 1. The molecule has 0 aliphatic rings. The summed E-state index contributed by atoms with van der Waals surface area (Å²) in [6, 6.07) is 2.10. The molecule has 0 aliphatic heterocycles. The van der Waals surface area contributed by atoms with Crippen LogP contribution in [0.3, 0.4) is 0 Å². The number of hydrogen-bond donors (Lipinski definition) is 1. The van der Waals surface area contributed by atoms with Crippen molar-refractivity contribution in [1.29, 1.82) is 0 Å². The minimum atomic E-state index is -4.29. The number of hydrogen-bond acceptors (Lipinski definition) is 6. The van der Waals surface area contributed by atoms with Crippen molar-refractivity contribution in [3.63, 3.8) is 0 Å². The number of nitro benzene ring substituents is 2. The molecular formula is C6H6ClN3O6S. The Morgan fingerprint density at radius 1 is 1.12 bits per heavy atom. The first-order chi connectivity index (χ1) is 7.23. The van der Waals surface area contributed by atoms with E-state index >= 15 is 0 Å². The van der Waals surface area contributed by atoms with E-state index in [9.17, 15) is 28.6 Å². The molecule has 17 heavy (non-hydrogen) atoms. The summed E-state index contributed by atoms with van der Waals surface area (Å²) in [7, 11) is -4.29. The first-order valence-electron chi connectivity index (χ1n) is 3.69. The second-order valence-electron chi connectivity index (χ2n) is 2.71. The van der Waals surface area contributed by atoms with Crippen LogP contribution in [0, 0.1) is 20.2 Å². The molecule has 0 heterocycles. The summed E-state index contributed by atoms with van der Waals surface area (Å²) in [4.78, 5) is 18.2. The van der Waals surface area contributed by atoms with Crippen LogP contribution in [-0.2, 0) is 10.0 Å². The Hall–Kier alpha value is -1.78. The van der Waals surface area contributed by atoms with Crippen LogP contribution in [0.5, 0.6) is 0 Å². The molecule has 0 fully saturated rings. The summed E-state index contributed by atoms with van der Waals surface area (Å²) >= 11 is 0. The SMILES string of the molecule is Cl.NS(=O)(=O)c1ccc([N+](=O)[O-])cc1[N+](=O)[O-].